The van der Waals surface area contributed by atoms with Gasteiger partial charge in [-0.15, -0.1) is 0 Å². The van der Waals surface area contributed by atoms with E-state index in [4.69, 9.17) is 26.3 Å². The van der Waals surface area contributed by atoms with Gasteiger partial charge < -0.3 is 14.4 Å². The van der Waals surface area contributed by atoms with Crippen LogP contribution in [0.25, 0.3) is 11.3 Å². The predicted molar refractivity (Wildman–Crippen MR) is 115 cm³/mol. The number of methoxy groups -OCH3 is 2. The monoisotopic (exact) mass is 416 g/mol. The summed E-state index contributed by atoms with van der Waals surface area (Å²) >= 11 is 6.01. The van der Waals surface area contributed by atoms with Crippen molar-refractivity contribution in [3.05, 3.63) is 94.3 Å². The van der Waals surface area contributed by atoms with Crippen molar-refractivity contribution in [1.82, 2.24) is 4.90 Å². The van der Waals surface area contributed by atoms with Crippen molar-refractivity contribution in [2.45, 2.75) is 0 Å². The maximum absolute atomic E-state index is 13.5. The van der Waals surface area contributed by atoms with Gasteiger partial charge in [-0.05, 0) is 59.7 Å². The highest BCUT2D eigenvalue weighted by Crippen LogP contribution is 2.43. The number of allylic oxidation sites excluding steroid dienone is 5. The molecule has 0 amide bonds. The molecule has 2 aliphatic rings. The van der Waals surface area contributed by atoms with Crippen LogP contribution in [0.5, 0.6) is 11.5 Å². The number of hydrogen-bond donors (Lipinski definition) is 0. The molecule has 30 heavy (non-hydrogen) atoms. The lowest BCUT2D eigenvalue weighted by atomic mass is 9.98. The molecule has 0 saturated carbocycles. The molecule has 4 rings (SSSR count). The first-order valence-electron chi connectivity index (χ1n) is 9.14. The second kappa shape index (κ2) is 7.94. The summed E-state index contributed by atoms with van der Waals surface area (Å²) in [6.07, 6.45) is 5.13. The summed E-state index contributed by atoms with van der Waals surface area (Å²) in [6.45, 7) is 0. The highest BCUT2D eigenvalue weighted by Gasteiger charge is 2.37. The van der Waals surface area contributed by atoms with Crippen LogP contribution < -0.4 is 9.47 Å². The zero-order valence-corrected chi connectivity index (χ0v) is 17.1. The number of hydrogen-bond acceptors (Lipinski definition) is 5. The Hall–Kier alpha value is -3.75. The molecule has 0 radical (unpaired) electrons. The van der Waals surface area contributed by atoms with Crippen molar-refractivity contribution in [3.63, 3.8) is 0 Å². The van der Waals surface area contributed by atoms with E-state index >= 15 is 0 Å². The van der Waals surface area contributed by atoms with Gasteiger partial charge in [0.25, 0.3) is 0 Å². The molecule has 0 unspecified atom stereocenters. The fourth-order valence-electron chi connectivity index (χ4n) is 3.48. The zero-order valence-electron chi connectivity index (χ0n) is 16.3. The van der Waals surface area contributed by atoms with Crippen molar-refractivity contribution in [2.75, 3.05) is 14.2 Å². The Labute approximate surface area is 179 Å². The Morgan fingerprint density at radius 3 is 2.07 bits per heavy atom. The van der Waals surface area contributed by atoms with E-state index in [1.165, 1.54) is 0 Å². The van der Waals surface area contributed by atoms with Crippen LogP contribution in [0.15, 0.2) is 83.2 Å². The number of ether oxygens (including phenoxy) is 2. The number of rotatable bonds is 4. The number of fused-ring (bicyclic) bond motifs is 1. The summed E-state index contributed by atoms with van der Waals surface area (Å²) < 4.78 is 10.5. The molecule has 0 bridgehead atoms. The first kappa shape index (κ1) is 19.6. The molecule has 0 spiro atoms. The molecule has 0 aromatic heterocycles. The lowest BCUT2D eigenvalue weighted by molar-refractivity contribution is -0.110. The van der Waals surface area contributed by atoms with Gasteiger partial charge in [-0.1, -0.05) is 23.7 Å². The standard InChI is InChI=1S/C24H17ClN2O3/c1-29-18-7-3-15(4-8-18)22-23(16-5-9-19(30-2)10-6-16)27-12-11-17(20(25)14-26)13-21(27)24(22)28/h3-13H,1-2H3/b20-17+. The van der Waals surface area contributed by atoms with E-state index in [9.17, 15) is 4.79 Å². The molecule has 0 N–H and O–H groups in total. The van der Waals surface area contributed by atoms with Gasteiger partial charge in [0.2, 0.25) is 5.78 Å². The van der Waals surface area contributed by atoms with Gasteiger partial charge in [0, 0.05) is 11.8 Å². The molecule has 0 atom stereocenters. The van der Waals surface area contributed by atoms with Crippen molar-refractivity contribution >= 4 is 28.7 Å². The average Bonchev–Trinajstić information content (AvgIpc) is 3.10. The van der Waals surface area contributed by atoms with Crippen LogP contribution in [0.1, 0.15) is 11.1 Å². The Balaban J connectivity index is 1.91. The van der Waals surface area contributed by atoms with E-state index in [1.807, 2.05) is 59.5 Å². The molecule has 0 saturated heterocycles. The fourth-order valence-corrected chi connectivity index (χ4v) is 3.60. The van der Waals surface area contributed by atoms with Crippen molar-refractivity contribution in [1.29, 1.82) is 5.26 Å². The summed E-state index contributed by atoms with van der Waals surface area (Å²) in [5.74, 6) is 1.29. The van der Waals surface area contributed by atoms with Gasteiger partial charge in [0.15, 0.2) is 0 Å². The molecule has 0 fully saturated rings. The van der Waals surface area contributed by atoms with Gasteiger partial charge in [-0.25, -0.2) is 0 Å². The van der Waals surface area contributed by atoms with Crippen molar-refractivity contribution < 1.29 is 14.3 Å². The second-order valence-electron chi connectivity index (χ2n) is 6.61. The van der Waals surface area contributed by atoms with Crippen LogP contribution in [0, 0.1) is 11.3 Å². The first-order chi connectivity index (χ1) is 14.6. The highest BCUT2D eigenvalue weighted by atomic mass is 35.5. The number of nitriles is 1. The van der Waals surface area contributed by atoms with Gasteiger partial charge in [-0.3, -0.25) is 4.79 Å². The van der Waals surface area contributed by atoms with Crippen LogP contribution in [-0.4, -0.2) is 24.9 Å². The van der Waals surface area contributed by atoms with Gasteiger partial charge in [0.1, 0.15) is 22.6 Å². The Morgan fingerprint density at radius 1 is 0.967 bits per heavy atom. The summed E-state index contributed by atoms with van der Waals surface area (Å²) in [5, 5.41) is 9.15. The Kier molecular flexibility index (Phi) is 5.18. The lowest BCUT2D eigenvalue weighted by Gasteiger charge is -2.22. The molecule has 6 heteroatoms. The molecule has 2 aromatic rings. The maximum Gasteiger partial charge on any atom is 0.212 e. The minimum Gasteiger partial charge on any atom is -0.497 e. The van der Waals surface area contributed by atoms with Crippen LogP contribution in [0.2, 0.25) is 0 Å². The minimum absolute atomic E-state index is 0.0371. The van der Waals surface area contributed by atoms with Crippen LogP contribution in [0.3, 0.4) is 0 Å². The normalized spacial score (nSPS) is 16.8. The number of nitrogens with zero attached hydrogens (tertiary/aromatic N) is 2. The number of carbonyl (C=O) groups excluding carboxylic acids is 1. The van der Waals surface area contributed by atoms with E-state index in [0.29, 0.717) is 22.6 Å². The zero-order chi connectivity index (χ0) is 21.3. The number of carbonyl (C=O) groups is 1. The lowest BCUT2D eigenvalue weighted by Crippen LogP contribution is -2.16. The molecule has 0 aliphatic carbocycles. The van der Waals surface area contributed by atoms with E-state index in [0.717, 1.165) is 22.6 Å². The maximum atomic E-state index is 13.5. The molecule has 2 aliphatic heterocycles. The van der Waals surface area contributed by atoms with E-state index < -0.39 is 0 Å². The number of benzene rings is 2. The molecule has 5 nitrogen and oxygen atoms in total. The SMILES string of the molecule is COc1ccc(C2=C(c3ccc(OC)cc3)N3C=C/C(=C(\Cl)C#N)C=C3C2=O)cc1. The van der Waals surface area contributed by atoms with Crippen LogP contribution in [-0.2, 0) is 4.79 Å². The Morgan fingerprint density at radius 2 is 1.53 bits per heavy atom. The first-order valence-corrected chi connectivity index (χ1v) is 9.52. The molecule has 2 heterocycles. The summed E-state index contributed by atoms with van der Waals surface area (Å²) in [4.78, 5) is 15.3. The highest BCUT2D eigenvalue weighted by molar-refractivity contribution is 6.38. The summed E-state index contributed by atoms with van der Waals surface area (Å²) in [6, 6.07) is 16.8. The van der Waals surface area contributed by atoms with Crippen molar-refractivity contribution in [3.8, 4) is 17.6 Å². The molecular formula is C24H17ClN2O3. The van der Waals surface area contributed by atoms with Crippen molar-refractivity contribution in [2.24, 2.45) is 0 Å². The topological polar surface area (TPSA) is 62.6 Å². The average molecular weight is 417 g/mol. The largest absolute Gasteiger partial charge is 0.497 e. The third-order valence-electron chi connectivity index (χ3n) is 4.99. The predicted octanol–water partition coefficient (Wildman–Crippen LogP) is 4.88. The second-order valence-corrected chi connectivity index (χ2v) is 6.98. The summed E-state index contributed by atoms with van der Waals surface area (Å²) in [5.41, 5.74) is 3.89. The molecular weight excluding hydrogens is 400 g/mol. The number of halogens is 1. The fraction of sp³-hybridized carbons (Fsp3) is 0.0833. The van der Waals surface area contributed by atoms with Gasteiger partial charge >= 0.3 is 0 Å². The molecule has 2 aromatic carbocycles. The van der Waals surface area contributed by atoms with E-state index in [2.05, 4.69) is 0 Å². The Bertz CT molecular complexity index is 1180. The summed E-state index contributed by atoms with van der Waals surface area (Å²) in [7, 11) is 3.21. The number of Topliss-reactive ketones (excluding diaryl/α,β-unsaturated/α-hetero) is 1. The number of ketones is 1. The van der Waals surface area contributed by atoms with Crippen LogP contribution >= 0.6 is 11.6 Å². The van der Waals surface area contributed by atoms with E-state index in [-0.39, 0.29) is 10.8 Å². The third kappa shape index (κ3) is 3.28. The van der Waals surface area contributed by atoms with Gasteiger partial charge in [0.05, 0.1) is 31.2 Å². The third-order valence-corrected chi connectivity index (χ3v) is 5.29. The quantitative estimate of drug-likeness (QED) is 0.664. The van der Waals surface area contributed by atoms with Gasteiger partial charge in [-0.2, -0.15) is 5.26 Å². The smallest absolute Gasteiger partial charge is 0.212 e. The van der Waals surface area contributed by atoms with Crippen LogP contribution in [0.4, 0.5) is 0 Å². The van der Waals surface area contributed by atoms with E-state index in [1.54, 1.807) is 32.6 Å². The minimum atomic E-state index is -0.143. The molecule has 148 valence electrons.